The van der Waals surface area contributed by atoms with Crippen molar-refractivity contribution in [3.05, 3.63) is 82.7 Å². The van der Waals surface area contributed by atoms with Crippen molar-refractivity contribution in [2.24, 2.45) is 0 Å². The van der Waals surface area contributed by atoms with Crippen LogP contribution in [-0.2, 0) is 6.54 Å². The molecule has 0 aliphatic rings. The molecule has 1 aromatic heterocycles. The topological polar surface area (TPSA) is 61.0 Å². The van der Waals surface area contributed by atoms with E-state index in [2.05, 4.69) is 5.10 Å². The molecule has 2 aromatic carbocycles. The van der Waals surface area contributed by atoms with Gasteiger partial charge in [0.2, 0.25) is 0 Å². The maximum absolute atomic E-state index is 11.0. The minimum atomic E-state index is -0.374. The fourth-order valence-electron chi connectivity index (χ4n) is 2.29. The molecule has 104 valence electrons. The molecule has 5 nitrogen and oxygen atoms in total. The Kier molecular flexibility index (Phi) is 3.47. The Balaban J connectivity index is 2.08. The molecule has 0 saturated heterocycles. The van der Waals surface area contributed by atoms with E-state index in [4.69, 9.17) is 0 Å². The van der Waals surface area contributed by atoms with E-state index in [1.807, 2.05) is 42.6 Å². The highest BCUT2D eigenvalue weighted by Crippen LogP contribution is 2.27. The predicted molar refractivity (Wildman–Crippen MR) is 79.9 cm³/mol. The molecule has 0 spiro atoms. The summed E-state index contributed by atoms with van der Waals surface area (Å²) >= 11 is 0. The average Bonchev–Trinajstić information content (AvgIpc) is 3.01. The third-order valence-corrected chi connectivity index (χ3v) is 3.28. The van der Waals surface area contributed by atoms with Crippen molar-refractivity contribution >= 4 is 5.69 Å². The lowest BCUT2D eigenvalue weighted by molar-refractivity contribution is -0.384. The molecule has 5 heteroatoms. The van der Waals surface area contributed by atoms with E-state index in [0.717, 1.165) is 16.7 Å². The summed E-state index contributed by atoms with van der Waals surface area (Å²) in [6.45, 7) is 0.499. The number of benzene rings is 2. The lowest BCUT2D eigenvalue weighted by atomic mass is 9.99. The Morgan fingerprint density at radius 2 is 1.90 bits per heavy atom. The van der Waals surface area contributed by atoms with Crippen LogP contribution in [0.5, 0.6) is 0 Å². The van der Waals surface area contributed by atoms with E-state index in [9.17, 15) is 10.1 Å². The Bertz CT molecular complexity index is 752. The van der Waals surface area contributed by atoms with Crippen molar-refractivity contribution in [2.75, 3.05) is 0 Å². The van der Waals surface area contributed by atoms with Crippen LogP contribution in [0, 0.1) is 10.1 Å². The molecular weight excluding hydrogens is 266 g/mol. The quantitative estimate of drug-likeness (QED) is 0.542. The lowest BCUT2D eigenvalue weighted by Gasteiger charge is -2.10. The molecule has 1 heterocycles. The van der Waals surface area contributed by atoms with Gasteiger partial charge >= 0.3 is 0 Å². The summed E-state index contributed by atoms with van der Waals surface area (Å²) in [5.41, 5.74) is 2.99. The summed E-state index contributed by atoms with van der Waals surface area (Å²) in [4.78, 5) is 10.6. The number of nitro benzene ring substituents is 1. The Hall–Kier alpha value is -2.95. The predicted octanol–water partition coefficient (Wildman–Crippen LogP) is 3.51. The molecule has 0 bridgehead atoms. The molecule has 3 rings (SSSR count). The van der Waals surface area contributed by atoms with Crippen LogP contribution in [0.1, 0.15) is 5.56 Å². The fourth-order valence-corrected chi connectivity index (χ4v) is 2.29. The lowest BCUT2D eigenvalue weighted by Crippen LogP contribution is -2.02. The molecular formula is C16H13N3O2. The largest absolute Gasteiger partial charge is 0.269 e. The van der Waals surface area contributed by atoms with Gasteiger partial charge < -0.3 is 0 Å². The van der Waals surface area contributed by atoms with Crippen LogP contribution in [0.2, 0.25) is 0 Å². The number of hydrogen-bond acceptors (Lipinski definition) is 3. The Labute approximate surface area is 121 Å². The number of aromatic nitrogens is 2. The van der Waals surface area contributed by atoms with Gasteiger partial charge in [0.1, 0.15) is 0 Å². The van der Waals surface area contributed by atoms with Crippen LogP contribution in [-0.4, -0.2) is 14.7 Å². The van der Waals surface area contributed by atoms with Crippen LogP contribution >= 0.6 is 0 Å². The Morgan fingerprint density at radius 1 is 1.10 bits per heavy atom. The molecule has 0 radical (unpaired) electrons. The van der Waals surface area contributed by atoms with Gasteiger partial charge in [-0.05, 0) is 28.8 Å². The van der Waals surface area contributed by atoms with Gasteiger partial charge in [0.25, 0.3) is 5.69 Å². The molecule has 3 aromatic rings. The van der Waals surface area contributed by atoms with Gasteiger partial charge in [-0.2, -0.15) is 5.10 Å². The summed E-state index contributed by atoms with van der Waals surface area (Å²) in [7, 11) is 0. The molecule has 0 aliphatic carbocycles. The molecule has 0 amide bonds. The molecule has 0 aliphatic heterocycles. The van der Waals surface area contributed by atoms with Crippen molar-refractivity contribution in [1.82, 2.24) is 9.78 Å². The highest BCUT2D eigenvalue weighted by Gasteiger charge is 2.12. The van der Waals surface area contributed by atoms with E-state index in [-0.39, 0.29) is 10.6 Å². The van der Waals surface area contributed by atoms with Gasteiger partial charge in [-0.1, -0.05) is 30.3 Å². The third kappa shape index (κ3) is 2.81. The summed E-state index contributed by atoms with van der Waals surface area (Å²) in [6, 6.07) is 16.6. The maximum atomic E-state index is 11.0. The van der Waals surface area contributed by atoms with Crippen LogP contribution in [0.4, 0.5) is 5.69 Å². The minimum absolute atomic E-state index is 0.0943. The van der Waals surface area contributed by atoms with E-state index in [1.54, 1.807) is 23.0 Å². The van der Waals surface area contributed by atoms with Crippen molar-refractivity contribution in [1.29, 1.82) is 0 Å². The first-order chi connectivity index (χ1) is 10.2. The molecule has 0 saturated carbocycles. The molecule has 21 heavy (non-hydrogen) atoms. The third-order valence-electron chi connectivity index (χ3n) is 3.28. The Morgan fingerprint density at radius 3 is 2.57 bits per heavy atom. The second kappa shape index (κ2) is 5.58. The SMILES string of the molecule is O=[N+]([O-])c1ccc(-c2ccccc2)c(Cn2cccn2)c1. The first kappa shape index (κ1) is 13.1. The van der Waals surface area contributed by atoms with E-state index in [0.29, 0.717) is 6.54 Å². The van der Waals surface area contributed by atoms with Crippen LogP contribution < -0.4 is 0 Å². The second-order valence-electron chi connectivity index (χ2n) is 4.67. The van der Waals surface area contributed by atoms with Crippen molar-refractivity contribution in [2.45, 2.75) is 6.54 Å². The van der Waals surface area contributed by atoms with Gasteiger partial charge in [-0.15, -0.1) is 0 Å². The van der Waals surface area contributed by atoms with Crippen LogP contribution in [0.25, 0.3) is 11.1 Å². The summed E-state index contributed by atoms with van der Waals surface area (Å²) < 4.78 is 1.76. The van der Waals surface area contributed by atoms with Gasteiger partial charge in [0, 0.05) is 24.5 Å². The summed E-state index contributed by atoms with van der Waals surface area (Å²) in [6.07, 6.45) is 3.53. The number of non-ortho nitro benzene ring substituents is 1. The normalized spacial score (nSPS) is 10.5. The first-order valence-corrected chi connectivity index (χ1v) is 6.54. The smallest absolute Gasteiger partial charge is 0.268 e. The van der Waals surface area contributed by atoms with Gasteiger partial charge in [-0.3, -0.25) is 14.8 Å². The van der Waals surface area contributed by atoms with Crippen LogP contribution in [0.15, 0.2) is 67.0 Å². The summed E-state index contributed by atoms with van der Waals surface area (Å²) in [5, 5.41) is 15.2. The van der Waals surface area contributed by atoms with E-state index < -0.39 is 0 Å². The van der Waals surface area contributed by atoms with Crippen molar-refractivity contribution in [3.63, 3.8) is 0 Å². The van der Waals surface area contributed by atoms with Crippen molar-refractivity contribution in [3.8, 4) is 11.1 Å². The standard InChI is InChI=1S/C16H13N3O2/c20-19(21)15-7-8-16(13-5-2-1-3-6-13)14(11-15)12-18-10-4-9-17-18/h1-11H,12H2. The molecule has 0 N–H and O–H groups in total. The fraction of sp³-hybridized carbons (Fsp3) is 0.0625. The van der Waals surface area contributed by atoms with Crippen LogP contribution in [0.3, 0.4) is 0 Å². The number of nitrogens with zero attached hydrogens (tertiary/aromatic N) is 3. The van der Waals surface area contributed by atoms with Gasteiger partial charge in [-0.25, -0.2) is 0 Å². The number of nitro groups is 1. The summed E-state index contributed by atoms with van der Waals surface area (Å²) in [5.74, 6) is 0. The minimum Gasteiger partial charge on any atom is -0.268 e. The number of rotatable bonds is 4. The first-order valence-electron chi connectivity index (χ1n) is 6.54. The van der Waals surface area contributed by atoms with E-state index in [1.165, 1.54) is 6.07 Å². The molecule has 0 unspecified atom stereocenters. The zero-order chi connectivity index (χ0) is 14.7. The highest BCUT2D eigenvalue weighted by molar-refractivity contribution is 5.69. The van der Waals surface area contributed by atoms with Gasteiger partial charge in [0.15, 0.2) is 0 Å². The molecule has 0 atom stereocenters. The zero-order valence-electron chi connectivity index (χ0n) is 11.2. The van der Waals surface area contributed by atoms with Crippen molar-refractivity contribution < 1.29 is 4.92 Å². The molecule has 0 fully saturated rings. The second-order valence-corrected chi connectivity index (χ2v) is 4.67. The number of hydrogen-bond donors (Lipinski definition) is 0. The zero-order valence-corrected chi connectivity index (χ0v) is 11.2. The highest BCUT2D eigenvalue weighted by atomic mass is 16.6. The van der Waals surface area contributed by atoms with E-state index >= 15 is 0 Å². The average molecular weight is 279 g/mol. The van der Waals surface area contributed by atoms with Gasteiger partial charge in [0.05, 0.1) is 11.5 Å². The monoisotopic (exact) mass is 279 g/mol. The maximum Gasteiger partial charge on any atom is 0.269 e.